The van der Waals surface area contributed by atoms with Crippen molar-refractivity contribution in [2.45, 2.75) is 25.9 Å². The Morgan fingerprint density at radius 1 is 1.29 bits per heavy atom. The zero-order valence-corrected chi connectivity index (χ0v) is 17.9. The first-order valence-corrected chi connectivity index (χ1v) is 8.42. The predicted molar refractivity (Wildman–Crippen MR) is 113 cm³/mol. The quantitative estimate of drug-likeness (QED) is 0.423. The first-order valence-electron chi connectivity index (χ1n) is 8.42. The molecule has 1 aliphatic rings. The van der Waals surface area contributed by atoms with E-state index in [4.69, 9.17) is 0 Å². The van der Waals surface area contributed by atoms with E-state index >= 15 is 0 Å². The second kappa shape index (κ2) is 10.2. The Bertz CT molecular complexity index is 534. The number of aryl methyl sites for hydroxylation is 1. The van der Waals surface area contributed by atoms with Crippen molar-refractivity contribution in [2.75, 3.05) is 47.3 Å². The third-order valence-electron chi connectivity index (χ3n) is 4.72. The van der Waals surface area contributed by atoms with Gasteiger partial charge in [0.15, 0.2) is 5.96 Å². The molecule has 2 unspecified atom stereocenters. The van der Waals surface area contributed by atoms with Crippen LogP contribution in [0.2, 0.25) is 0 Å². The number of rotatable bonds is 4. The van der Waals surface area contributed by atoms with Crippen LogP contribution in [-0.2, 0) is 0 Å². The molecule has 0 amide bonds. The molecule has 0 aliphatic carbocycles. The fraction of sp³-hybridized carbons (Fsp3) is 0.611. The number of nitrogens with one attached hydrogen (secondary N) is 2. The van der Waals surface area contributed by atoms with Crippen molar-refractivity contribution in [1.29, 1.82) is 0 Å². The molecule has 136 valence electrons. The fourth-order valence-corrected chi connectivity index (χ4v) is 3.09. The molecule has 2 N–H and O–H groups in total. The number of aliphatic imine (C=N–C) groups is 1. The predicted octanol–water partition coefficient (Wildman–Crippen LogP) is 2.08. The van der Waals surface area contributed by atoms with Gasteiger partial charge in [-0.1, -0.05) is 24.3 Å². The summed E-state index contributed by atoms with van der Waals surface area (Å²) in [4.78, 5) is 9.18. The van der Waals surface area contributed by atoms with Gasteiger partial charge in [-0.05, 0) is 39.1 Å². The lowest BCUT2D eigenvalue weighted by Gasteiger charge is -2.38. The van der Waals surface area contributed by atoms with Gasteiger partial charge in [0, 0.05) is 39.3 Å². The molecule has 0 aromatic heterocycles. The van der Waals surface area contributed by atoms with Crippen molar-refractivity contribution in [1.82, 2.24) is 20.4 Å². The maximum atomic E-state index is 4.37. The number of hydrogen-bond donors (Lipinski definition) is 2. The average molecular weight is 445 g/mol. The summed E-state index contributed by atoms with van der Waals surface area (Å²) in [5.74, 6) is 0.863. The summed E-state index contributed by atoms with van der Waals surface area (Å²) in [7, 11) is 6.22. The van der Waals surface area contributed by atoms with Crippen LogP contribution in [0.5, 0.6) is 0 Å². The van der Waals surface area contributed by atoms with Gasteiger partial charge in [-0.2, -0.15) is 0 Å². The Morgan fingerprint density at radius 2 is 2.00 bits per heavy atom. The highest BCUT2D eigenvalue weighted by Crippen LogP contribution is 2.16. The Hall–Kier alpha value is -0.860. The van der Waals surface area contributed by atoms with E-state index < -0.39 is 0 Å². The van der Waals surface area contributed by atoms with E-state index in [9.17, 15) is 0 Å². The van der Waals surface area contributed by atoms with Gasteiger partial charge < -0.3 is 15.5 Å². The van der Waals surface area contributed by atoms with Crippen LogP contribution in [0, 0.1) is 6.92 Å². The molecule has 0 saturated carbocycles. The van der Waals surface area contributed by atoms with Crippen LogP contribution in [0.1, 0.15) is 24.1 Å². The molecule has 2 atom stereocenters. The minimum Gasteiger partial charge on any atom is -0.355 e. The summed E-state index contributed by atoms with van der Waals surface area (Å²) >= 11 is 0. The van der Waals surface area contributed by atoms with Gasteiger partial charge in [-0.15, -0.1) is 24.0 Å². The van der Waals surface area contributed by atoms with Crippen molar-refractivity contribution < 1.29 is 0 Å². The molecule has 1 aromatic rings. The molecule has 24 heavy (non-hydrogen) atoms. The molecule has 1 aromatic carbocycles. The van der Waals surface area contributed by atoms with Crippen molar-refractivity contribution in [3.05, 3.63) is 35.4 Å². The Kier molecular flexibility index (Phi) is 9.01. The topological polar surface area (TPSA) is 42.9 Å². The lowest BCUT2D eigenvalue weighted by Crippen LogP contribution is -2.55. The summed E-state index contributed by atoms with van der Waals surface area (Å²) in [6.45, 7) is 8.58. The average Bonchev–Trinajstić information content (AvgIpc) is 2.54. The van der Waals surface area contributed by atoms with E-state index in [1.807, 2.05) is 7.05 Å². The first-order chi connectivity index (χ1) is 11.0. The molecule has 1 aliphatic heterocycles. The van der Waals surface area contributed by atoms with Crippen LogP contribution in [0.25, 0.3) is 0 Å². The smallest absolute Gasteiger partial charge is 0.191 e. The Morgan fingerprint density at radius 3 is 2.67 bits per heavy atom. The van der Waals surface area contributed by atoms with Gasteiger partial charge in [0.25, 0.3) is 0 Å². The van der Waals surface area contributed by atoms with Crippen LogP contribution in [0.15, 0.2) is 29.3 Å². The van der Waals surface area contributed by atoms with Crippen LogP contribution < -0.4 is 10.6 Å². The van der Waals surface area contributed by atoms with E-state index in [1.165, 1.54) is 11.1 Å². The summed E-state index contributed by atoms with van der Waals surface area (Å²) in [6.07, 6.45) is 0. The molecule has 0 bridgehead atoms. The standard InChI is InChI=1S/C18H31N5.HI/c1-14-8-6-7-9-17(14)15(2)21-18(19-3)20-12-16-13-22(4)10-11-23(16)5;/h6-9,15-16H,10-13H2,1-5H3,(H2,19,20,21);1H. The van der Waals surface area contributed by atoms with Crippen LogP contribution in [-0.4, -0.2) is 69.1 Å². The van der Waals surface area contributed by atoms with Crippen LogP contribution >= 0.6 is 24.0 Å². The third-order valence-corrected chi connectivity index (χ3v) is 4.72. The van der Waals surface area contributed by atoms with Gasteiger partial charge >= 0.3 is 0 Å². The second-order valence-corrected chi connectivity index (χ2v) is 6.57. The largest absolute Gasteiger partial charge is 0.355 e. The highest BCUT2D eigenvalue weighted by Gasteiger charge is 2.22. The monoisotopic (exact) mass is 445 g/mol. The number of nitrogens with zero attached hydrogens (tertiary/aromatic N) is 3. The van der Waals surface area contributed by atoms with E-state index in [0.29, 0.717) is 6.04 Å². The number of piperazine rings is 1. The van der Waals surface area contributed by atoms with Crippen molar-refractivity contribution in [2.24, 2.45) is 4.99 Å². The van der Waals surface area contributed by atoms with E-state index in [0.717, 1.165) is 32.1 Å². The summed E-state index contributed by atoms with van der Waals surface area (Å²) < 4.78 is 0. The molecular weight excluding hydrogens is 413 g/mol. The van der Waals surface area contributed by atoms with E-state index in [2.05, 4.69) is 77.6 Å². The molecule has 0 spiro atoms. The second-order valence-electron chi connectivity index (χ2n) is 6.57. The van der Waals surface area contributed by atoms with Gasteiger partial charge in [0.1, 0.15) is 0 Å². The number of benzene rings is 1. The highest BCUT2D eigenvalue weighted by atomic mass is 127. The molecule has 2 rings (SSSR count). The molecule has 1 heterocycles. The summed E-state index contributed by atoms with van der Waals surface area (Å²) in [5, 5.41) is 6.98. The molecular formula is C18H32IN5. The van der Waals surface area contributed by atoms with E-state index in [-0.39, 0.29) is 30.0 Å². The third kappa shape index (κ3) is 5.89. The Labute approximate surface area is 163 Å². The zero-order chi connectivity index (χ0) is 16.8. The maximum Gasteiger partial charge on any atom is 0.191 e. The molecule has 5 nitrogen and oxygen atoms in total. The normalized spacial score (nSPS) is 21.0. The summed E-state index contributed by atoms with van der Waals surface area (Å²) in [6, 6.07) is 9.23. The van der Waals surface area contributed by atoms with Crippen LogP contribution in [0.4, 0.5) is 0 Å². The fourth-order valence-electron chi connectivity index (χ4n) is 3.09. The lowest BCUT2D eigenvalue weighted by molar-refractivity contribution is 0.116. The molecule has 0 radical (unpaired) electrons. The number of guanidine groups is 1. The first kappa shape index (κ1) is 21.2. The van der Waals surface area contributed by atoms with Crippen molar-refractivity contribution in [3.63, 3.8) is 0 Å². The van der Waals surface area contributed by atoms with Gasteiger partial charge in [-0.25, -0.2) is 0 Å². The van der Waals surface area contributed by atoms with Gasteiger partial charge in [0.05, 0.1) is 6.04 Å². The van der Waals surface area contributed by atoms with Gasteiger partial charge in [-0.3, -0.25) is 9.89 Å². The van der Waals surface area contributed by atoms with E-state index in [1.54, 1.807) is 0 Å². The van der Waals surface area contributed by atoms with Gasteiger partial charge in [0.2, 0.25) is 0 Å². The molecule has 6 heteroatoms. The number of hydrogen-bond acceptors (Lipinski definition) is 3. The molecule has 1 saturated heterocycles. The number of halogens is 1. The number of likely N-dealkylation sites (N-methyl/N-ethyl adjacent to an activating group) is 2. The van der Waals surface area contributed by atoms with Crippen molar-refractivity contribution >= 4 is 29.9 Å². The minimum absolute atomic E-state index is 0. The van der Waals surface area contributed by atoms with Crippen molar-refractivity contribution in [3.8, 4) is 0 Å². The highest BCUT2D eigenvalue weighted by molar-refractivity contribution is 14.0. The minimum atomic E-state index is 0. The zero-order valence-electron chi connectivity index (χ0n) is 15.5. The maximum absolute atomic E-state index is 4.37. The lowest BCUT2D eigenvalue weighted by atomic mass is 10.0. The molecule has 1 fully saturated rings. The summed E-state index contributed by atoms with van der Waals surface area (Å²) in [5.41, 5.74) is 2.61. The Balaban J connectivity index is 0.00000288. The van der Waals surface area contributed by atoms with Crippen LogP contribution in [0.3, 0.4) is 0 Å². The SMILES string of the molecule is CN=C(NCC1CN(C)CCN1C)NC(C)c1ccccc1C.I.